The predicted octanol–water partition coefficient (Wildman–Crippen LogP) is 3.97. The molecule has 0 bridgehead atoms. The van der Waals surface area contributed by atoms with Crippen molar-refractivity contribution in [1.29, 1.82) is 0 Å². The Morgan fingerprint density at radius 1 is 0.969 bits per heavy atom. The molecule has 32 heavy (non-hydrogen) atoms. The van der Waals surface area contributed by atoms with Gasteiger partial charge in [-0.15, -0.1) is 0 Å². The quantitative estimate of drug-likeness (QED) is 0.477. The minimum absolute atomic E-state index is 0.0495. The van der Waals surface area contributed by atoms with Crippen LogP contribution in [-0.2, 0) is 4.79 Å². The fourth-order valence-corrected chi connectivity index (χ4v) is 4.78. The number of hydrogen-bond acceptors (Lipinski definition) is 4. The summed E-state index contributed by atoms with van der Waals surface area (Å²) in [7, 11) is 1.70. The lowest BCUT2D eigenvalue weighted by Crippen LogP contribution is -2.47. The van der Waals surface area contributed by atoms with Crippen LogP contribution >= 0.6 is 0 Å². The van der Waals surface area contributed by atoms with E-state index in [-0.39, 0.29) is 18.0 Å². The standard InChI is InChI=1S/C25H40N4O3/c1-32-23-15-8-7-14-22(23)29-18-10-13-21(19-29)27-24(30)16-6-3-9-17-26-25(31)28-20-11-4-2-5-12-20/h7-8,14-15,20-21H,2-6,9-13,16-19H2,1H3,(H,27,30)(H2,26,28,31). The number of urea groups is 1. The van der Waals surface area contributed by atoms with Gasteiger partial charge in [0.2, 0.25) is 5.91 Å². The van der Waals surface area contributed by atoms with Crippen LogP contribution in [0.4, 0.5) is 10.5 Å². The number of methoxy groups -OCH3 is 1. The lowest BCUT2D eigenvalue weighted by molar-refractivity contribution is -0.122. The fourth-order valence-electron chi connectivity index (χ4n) is 4.78. The second kappa shape index (κ2) is 13.2. The monoisotopic (exact) mass is 444 g/mol. The summed E-state index contributed by atoms with van der Waals surface area (Å²) in [5.74, 6) is 1.00. The minimum Gasteiger partial charge on any atom is -0.495 e. The number of carbonyl (C=O) groups is 2. The number of rotatable bonds is 10. The molecule has 1 aliphatic carbocycles. The Labute approximate surface area is 192 Å². The van der Waals surface area contributed by atoms with E-state index in [0.717, 1.165) is 69.5 Å². The smallest absolute Gasteiger partial charge is 0.315 e. The molecule has 0 aromatic heterocycles. The first-order valence-electron chi connectivity index (χ1n) is 12.4. The summed E-state index contributed by atoms with van der Waals surface area (Å²) < 4.78 is 5.49. The van der Waals surface area contributed by atoms with Gasteiger partial charge >= 0.3 is 6.03 Å². The molecule has 1 aromatic carbocycles. The molecule has 0 spiro atoms. The minimum atomic E-state index is -0.0495. The summed E-state index contributed by atoms with van der Waals surface area (Å²) in [6.07, 6.45) is 11.2. The van der Waals surface area contributed by atoms with Crippen molar-refractivity contribution in [3.63, 3.8) is 0 Å². The highest BCUT2D eigenvalue weighted by Crippen LogP contribution is 2.29. The van der Waals surface area contributed by atoms with Crippen molar-refractivity contribution in [1.82, 2.24) is 16.0 Å². The molecule has 7 heteroatoms. The molecule has 1 saturated heterocycles. The van der Waals surface area contributed by atoms with E-state index in [1.54, 1.807) is 7.11 Å². The maximum absolute atomic E-state index is 12.4. The lowest BCUT2D eigenvalue weighted by atomic mass is 9.96. The lowest BCUT2D eigenvalue weighted by Gasteiger charge is -2.35. The number of amides is 3. The number of ether oxygens (including phenoxy) is 1. The Morgan fingerprint density at radius 2 is 1.75 bits per heavy atom. The second-order valence-electron chi connectivity index (χ2n) is 9.07. The van der Waals surface area contributed by atoms with E-state index in [1.807, 2.05) is 18.2 Å². The van der Waals surface area contributed by atoms with Crippen LogP contribution in [0.2, 0.25) is 0 Å². The molecule has 178 valence electrons. The molecule has 2 fully saturated rings. The van der Waals surface area contributed by atoms with Gasteiger partial charge in [-0.2, -0.15) is 0 Å². The zero-order valence-corrected chi connectivity index (χ0v) is 19.5. The third-order valence-electron chi connectivity index (χ3n) is 6.52. The number of nitrogens with zero attached hydrogens (tertiary/aromatic N) is 1. The molecule has 1 aliphatic heterocycles. The van der Waals surface area contributed by atoms with Crippen LogP contribution in [0.15, 0.2) is 24.3 Å². The third-order valence-corrected chi connectivity index (χ3v) is 6.52. The Hall–Kier alpha value is -2.44. The number of para-hydroxylation sites is 2. The van der Waals surface area contributed by atoms with Crippen LogP contribution in [0.1, 0.15) is 70.6 Å². The van der Waals surface area contributed by atoms with Gasteiger partial charge in [0.05, 0.1) is 12.8 Å². The SMILES string of the molecule is COc1ccccc1N1CCCC(NC(=O)CCCCCNC(=O)NC2CCCCC2)C1. The van der Waals surface area contributed by atoms with Gasteiger partial charge in [0.25, 0.3) is 0 Å². The molecule has 3 rings (SSSR count). The van der Waals surface area contributed by atoms with E-state index in [4.69, 9.17) is 4.74 Å². The number of hydrogen-bond donors (Lipinski definition) is 3. The van der Waals surface area contributed by atoms with Crippen LogP contribution in [0.25, 0.3) is 0 Å². The average molecular weight is 445 g/mol. The van der Waals surface area contributed by atoms with Gasteiger partial charge in [-0.1, -0.05) is 37.8 Å². The van der Waals surface area contributed by atoms with Gasteiger partial charge < -0.3 is 25.6 Å². The Bertz CT molecular complexity index is 721. The molecule has 3 N–H and O–H groups in total. The third kappa shape index (κ3) is 7.92. The zero-order chi connectivity index (χ0) is 22.6. The molecule has 2 aliphatic rings. The first-order valence-corrected chi connectivity index (χ1v) is 12.4. The van der Waals surface area contributed by atoms with Crippen molar-refractivity contribution >= 4 is 17.6 Å². The topological polar surface area (TPSA) is 82.7 Å². The molecule has 1 aromatic rings. The fraction of sp³-hybridized carbons (Fsp3) is 0.680. The van der Waals surface area contributed by atoms with Crippen molar-refractivity contribution in [2.45, 2.75) is 82.7 Å². The summed E-state index contributed by atoms with van der Waals surface area (Å²) in [4.78, 5) is 26.7. The molecular formula is C25H40N4O3. The van der Waals surface area contributed by atoms with Crippen molar-refractivity contribution < 1.29 is 14.3 Å². The van der Waals surface area contributed by atoms with Crippen molar-refractivity contribution in [3.8, 4) is 5.75 Å². The Balaban J connectivity index is 1.26. The summed E-state index contributed by atoms with van der Waals surface area (Å²) in [5, 5.41) is 9.23. The van der Waals surface area contributed by atoms with Gasteiger partial charge in [0.15, 0.2) is 0 Å². The summed E-state index contributed by atoms with van der Waals surface area (Å²) in [6.45, 7) is 2.46. The summed E-state index contributed by atoms with van der Waals surface area (Å²) in [5.41, 5.74) is 1.09. The van der Waals surface area contributed by atoms with Gasteiger partial charge in [0.1, 0.15) is 5.75 Å². The largest absolute Gasteiger partial charge is 0.495 e. The second-order valence-corrected chi connectivity index (χ2v) is 9.07. The average Bonchev–Trinajstić information content (AvgIpc) is 2.82. The van der Waals surface area contributed by atoms with Crippen molar-refractivity contribution in [3.05, 3.63) is 24.3 Å². The predicted molar refractivity (Wildman–Crippen MR) is 128 cm³/mol. The highest BCUT2D eigenvalue weighted by molar-refractivity contribution is 5.76. The van der Waals surface area contributed by atoms with Crippen LogP contribution in [0.5, 0.6) is 5.75 Å². The number of carbonyl (C=O) groups excluding carboxylic acids is 2. The highest BCUT2D eigenvalue weighted by atomic mass is 16.5. The van der Waals surface area contributed by atoms with Crippen LogP contribution in [0, 0.1) is 0 Å². The highest BCUT2D eigenvalue weighted by Gasteiger charge is 2.23. The number of benzene rings is 1. The van der Waals surface area contributed by atoms with Crippen LogP contribution in [-0.4, -0.2) is 50.8 Å². The van der Waals surface area contributed by atoms with E-state index in [9.17, 15) is 9.59 Å². The van der Waals surface area contributed by atoms with Gasteiger partial charge in [-0.25, -0.2) is 4.79 Å². The molecule has 3 amide bonds. The first-order chi connectivity index (χ1) is 15.7. The molecule has 1 heterocycles. The van der Waals surface area contributed by atoms with E-state index < -0.39 is 0 Å². The van der Waals surface area contributed by atoms with E-state index in [0.29, 0.717) is 19.0 Å². The number of unbranched alkanes of at least 4 members (excludes halogenated alkanes) is 2. The molecular weight excluding hydrogens is 404 g/mol. The van der Waals surface area contributed by atoms with Crippen molar-refractivity contribution in [2.75, 3.05) is 31.6 Å². The maximum Gasteiger partial charge on any atom is 0.315 e. The summed E-state index contributed by atoms with van der Waals surface area (Å²) in [6, 6.07) is 8.51. The van der Waals surface area contributed by atoms with Crippen LogP contribution < -0.4 is 25.6 Å². The van der Waals surface area contributed by atoms with E-state index in [2.05, 4.69) is 26.9 Å². The van der Waals surface area contributed by atoms with Gasteiger partial charge in [-0.3, -0.25) is 4.79 Å². The van der Waals surface area contributed by atoms with Gasteiger partial charge in [0, 0.05) is 38.1 Å². The summed E-state index contributed by atoms with van der Waals surface area (Å²) >= 11 is 0. The number of anilines is 1. The molecule has 1 saturated carbocycles. The number of piperidine rings is 1. The van der Waals surface area contributed by atoms with Gasteiger partial charge in [-0.05, 0) is 50.7 Å². The van der Waals surface area contributed by atoms with E-state index in [1.165, 1.54) is 19.3 Å². The maximum atomic E-state index is 12.4. The van der Waals surface area contributed by atoms with E-state index >= 15 is 0 Å². The first kappa shape index (κ1) is 24.2. The zero-order valence-electron chi connectivity index (χ0n) is 19.5. The molecule has 7 nitrogen and oxygen atoms in total. The Morgan fingerprint density at radius 3 is 2.56 bits per heavy atom. The number of nitrogens with one attached hydrogen (secondary N) is 3. The molecule has 1 atom stereocenters. The normalized spacial score (nSPS) is 19.3. The molecule has 1 unspecified atom stereocenters. The van der Waals surface area contributed by atoms with Crippen molar-refractivity contribution in [2.24, 2.45) is 0 Å². The Kier molecular flexibility index (Phi) is 9.98. The molecule has 0 radical (unpaired) electrons. The van der Waals surface area contributed by atoms with Crippen LogP contribution in [0.3, 0.4) is 0 Å².